The molecule has 0 rings (SSSR count). The molecule has 0 bridgehead atoms. The molecule has 0 unspecified atom stereocenters. The van der Waals surface area contributed by atoms with E-state index in [-0.39, 0.29) is 5.78 Å². The zero-order valence-corrected chi connectivity index (χ0v) is 11.0. The summed E-state index contributed by atoms with van der Waals surface area (Å²) in [6.07, 6.45) is 3.15. The first-order valence-corrected chi connectivity index (χ1v) is 5.32. The Morgan fingerprint density at radius 3 is 1.83 bits per heavy atom. The van der Waals surface area contributed by atoms with Gasteiger partial charge >= 0.3 is 72.0 Å². The van der Waals surface area contributed by atoms with Crippen LogP contribution in [-0.4, -0.2) is 9.68 Å². The minimum atomic E-state index is 0.0168. The van der Waals surface area contributed by atoms with Crippen molar-refractivity contribution in [2.75, 3.05) is 0 Å². The normalized spacial score (nSPS) is 9.50. The molecule has 0 amide bonds. The molecule has 0 saturated heterocycles. The van der Waals surface area contributed by atoms with Gasteiger partial charge in [-0.25, -0.2) is 0 Å². The minimum absolute atomic E-state index is 0.0168. The number of Topliss-reactive ketones (excluding diaryl/α,β-unsaturated/α-hetero) is 1. The molecule has 0 saturated carbocycles. The molecule has 0 radical (unpaired) electrons. The predicted molar refractivity (Wildman–Crippen MR) is 49.7 cm³/mol. The van der Waals surface area contributed by atoms with Crippen LogP contribution < -0.4 is 0 Å². The molecular formula is C10H15OW-. The number of rotatable bonds is 3. The molecule has 0 aliphatic heterocycles. The molecule has 0 atom stereocenters. The van der Waals surface area contributed by atoms with Gasteiger partial charge in [-0.15, -0.1) is 0 Å². The van der Waals surface area contributed by atoms with Crippen molar-refractivity contribution in [2.45, 2.75) is 27.7 Å². The van der Waals surface area contributed by atoms with Gasteiger partial charge in [-0.05, 0) is 0 Å². The summed E-state index contributed by atoms with van der Waals surface area (Å²) in [6.45, 7) is 12.7. The van der Waals surface area contributed by atoms with Gasteiger partial charge < -0.3 is 0 Å². The maximum absolute atomic E-state index is 10.7. The molecule has 12 heavy (non-hydrogen) atoms. The summed E-state index contributed by atoms with van der Waals surface area (Å²) in [7, 11) is 0. The molecule has 0 heterocycles. The molecular weight excluding hydrogens is 320 g/mol. The Labute approximate surface area is 86.0 Å². The van der Waals surface area contributed by atoms with Crippen LogP contribution in [0.2, 0.25) is 0 Å². The zero-order chi connectivity index (χ0) is 10.1. The van der Waals surface area contributed by atoms with Crippen LogP contribution in [0.15, 0.2) is 17.7 Å². The summed E-state index contributed by atoms with van der Waals surface area (Å²) in [5.74, 6) is 0.0168. The number of hydrogen-bond acceptors (Lipinski definition) is 1. The summed E-state index contributed by atoms with van der Waals surface area (Å²) in [5, 5.41) is 0. The third kappa shape index (κ3) is 7.81. The summed E-state index contributed by atoms with van der Waals surface area (Å²) >= 11 is 1.36. The topological polar surface area (TPSA) is 17.1 Å². The Bertz CT molecular complexity index is 202. The Kier molecular flexibility index (Phi) is 10.4. The van der Waals surface area contributed by atoms with Crippen molar-refractivity contribution in [1.82, 2.24) is 0 Å². The van der Waals surface area contributed by atoms with Gasteiger partial charge in [0.1, 0.15) is 0 Å². The molecule has 0 fully saturated rings. The van der Waals surface area contributed by atoms with Gasteiger partial charge in [-0.1, -0.05) is 13.8 Å². The molecule has 0 aromatic rings. The summed E-state index contributed by atoms with van der Waals surface area (Å²) in [5.41, 5.74) is 0.590. The van der Waals surface area contributed by atoms with Crippen molar-refractivity contribution in [3.05, 3.63) is 24.3 Å². The first-order chi connectivity index (χ1) is 5.57. The third-order valence-corrected chi connectivity index (χ3v) is 1.37. The first-order valence-electron chi connectivity index (χ1n) is 3.86. The predicted octanol–water partition coefficient (Wildman–Crippen LogP) is 2.26. The van der Waals surface area contributed by atoms with E-state index in [1.165, 1.54) is 32.4 Å². The second kappa shape index (κ2) is 8.80. The Hall–Kier alpha value is -0.292. The van der Waals surface area contributed by atoms with Crippen LogP contribution in [0, 0.1) is 6.58 Å². The molecule has 0 aliphatic carbocycles. The van der Waals surface area contributed by atoms with E-state index in [0.717, 1.165) is 3.90 Å². The Morgan fingerprint density at radius 1 is 1.33 bits per heavy atom. The molecule has 0 aliphatic rings. The number of carbonyl (C=O) groups excluding carboxylic acids is 1. The third-order valence-electron chi connectivity index (χ3n) is 0.945. The van der Waals surface area contributed by atoms with Gasteiger partial charge in [0.2, 0.25) is 0 Å². The van der Waals surface area contributed by atoms with Crippen molar-refractivity contribution < 1.29 is 24.1 Å². The fraction of sp³-hybridized carbons (Fsp3) is 0.400. The van der Waals surface area contributed by atoms with E-state index < -0.39 is 0 Å². The van der Waals surface area contributed by atoms with Crippen LogP contribution in [0.1, 0.15) is 27.7 Å². The van der Waals surface area contributed by atoms with Gasteiger partial charge in [0.15, 0.2) is 0 Å². The van der Waals surface area contributed by atoms with Crippen LogP contribution in [0.25, 0.3) is 0 Å². The Morgan fingerprint density at radius 2 is 1.75 bits per heavy atom. The van der Waals surface area contributed by atoms with Crippen LogP contribution >= 0.6 is 0 Å². The standard InChI is InChI=1S/C8H9O.C2H6.W/c1-4-6-8(5-2)7(3)9;1-2;/h2,5-6H,1,3H3;1-2H3;/q-1;;. The molecule has 0 spiro atoms. The number of allylic oxidation sites excluding steroid dienone is 3. The van der Waals surface area contributed by atoms with E-state index in [0.29, 0.717) is 5.57 Å². The molecule has 68 valence electrons. The van der Waals surface area contributed by atoms with Crippen molar-refractivity contribution in [3.8, 4) is 0 Å². The fourth-order valence-corrected chi connectivity index (χ4v) is 0.942. The van der Waals surface area contributed by atoms with E-state index in [4.69, 9.17) is 6.58 Å². The maximum atomic E-state index is 10.7. The van der Waals surface area contributed by atoms with Crippen LogP contribution in [0.4, 0.5) is 0 Å². The van der Waals surface area contributed by atoms with Gasteiger partial charge in [-0.3, -0.25) is 0 Å². The second-order valence-corrected chi connectivity index (χ2v) is 4.25. The van der Waals surface area contributed by atoms with E-state index in [1.54, 1.807) is 6.08 Å². The summed E-state index contributed by atoms with van der Waals surface area (Å²) in [4.78, 5) is 10.7. The average Bonchev–Trinajstić information content (AvgIpc) is 2.03. The van der Waals surface area contributed by atoms with Gasteiger partial charge in [0.25, 0.3) is 0 Å². The van der Waals surface area contributed by atoms with Crippen molar-refractivity contribution in [1.29, 1.82) is 0 Å². The molecule has 1 nitrogen and oxygen atoms in total. The second-order valence-electron chi connectivity index (χ2n) is 1.93. The molecule has 2 heteroatoms. The van der Waals surface area contributed by atoms with Crippen LogP contribution in [-0.2, 0) is 24.1 Å². The van der Waals surface area contributed by atoms with E-state index in [2.05, 4.69) is 0 Å². The van der Waals surface area contributed by atoms with Crippen molar-refractivity contribution in [3.63, 3.8) is 0 Å². The quantitative estimate of drug-likeness (QED) is 0.439. The van der Waals surface area contributed by atoms with E-state index >= 15 is 0 Å². The molecule has 0 aromatic carbocycles. The van der Waals surface area contributed by atoms with Gasteiger partial charge in [0.05, 0.1) is 0 Å². The summed E-state index contributed by atoms with van der Waals surface area (Å²) in [6, 6.07) is 0. The number of ketones is 1. The van der Waals surface area contributed by atoms with Crippen LogP contribution in [0.5, 0.6) is 0 Å². The number of hydrogen-bond donors (Lipinski definition) is 0. The van der Waals surface area contributed by atoms with Gasteiger partial charge in [-0.2, -0.15) is 0 Å². The van der Waals surface area contributed by atoms with Crippen molar-refractivity contribution >= 4 is 9.68 Å². The first kappa shape index (κ1) is 14.2. The van der Waals surface area contributed by atoms with E-state index in [1.807, 2.05) is 20.8 Å². The fourth-order valence-electron chi connectivity index (χ4n) is 0.486. The van der Waals surface area contributed by atoms with Crippen LogP contribution in [0.3, 0.4) is 0 Å². The average molecular weight is 335 g/mol. The van der Waals surface area contributed by atoms with E-state index in [9.17, 15) is 4.79 Å². The van der Waals surface area contributed by atoms with Crippen molar-refractivity contribution in [2.24, 2.45) is 0 Å². The summed E-state index contributed by atoms with van der Waals surface area (Å²) < 4.78 is 1.16. The zero-order valence-electron chi connectivity index (χ0n) is 8.05. The monoisotopic (exact) mass is 335 g/mol. The Balaban J connectivity index is 0. The molecule has 0 aromatic heterocycles. The molecule has 0 N–H and O–H groups in total. The number of carbonyl (C=O) groups is 1. The van der Waals surface area contributed by atoms with Gasteiger partial charge in [0, 0.05) is 0 Å². The SMILES string of the molecule is CC.[CH-]=CC(=C[C](C)=[W])C(C)=O.